The van der Waals surface area contributed by atoms with Crippen LogP contribution < -0.4 is 4.74 Å². The van der Waals surface area contributed by atoms with Crippen LogP contribution in [0.3, 0.4) is 0 Å². The first-order valence-corrected chi connectivity index (χ1v) is 6.84. The summed E-state index contributed by atoms with van der Waals surface area (Å²) in [4.78, 5) is 35.7. The summed E-state index contributed by atoms with van der Waals surface area (Å²) in [6, 6.07) is 7.12. The molecule has 0 aromatic heterocycles. The zero-order valence-electron chi connectivity index (χ0n) is 11.4. The maximum atomic E-state index is 12.2. The summed E-state index contributed by atoms with van der Waals surface area (Å²) in [5.74, 6) is -1.73. The Kier molecular flexibility index (Phi) is 3.16. The number of likely N-dealkylation sites (tertiary alicyclic amines) is 1. The number of rotatable bonds is 0. The highest BCUT2D eigenvalue weighted by molar-refractivity contribution is 6.31. The number of ether oxygens (including phenoxy) is 1. The molecule has 1 aromatic carbocycles. The van der Waals surface area contributed by atoms with E-state index in [0.717, 1.165) is 0 Å². The molecule has 110 valence electrons. The summed E-state index contributed by atoms with van der Waals surface area (Å²) in [5, 5.41) is 8.73. The lowest BCUT2D eigenvalue weighted by Crippen LogP contribution is -2.53. The monoisotopic (exact) mass is 289 g/mol. The van der Waals surface area contributed by atoms with Crippen LogP contribution in [-0.2, 0) is 9.59 Å². The Bertz CT molecular complexity index is 616. The molecule has 0 aliphatic carbocycles. The fourth-order valence-electron chi connectivity index (χ4n) is 2.97. The van der Waals surface area contributed by atoms with Gasteiger partial charge in [-0.1, -0.05) is 12.1 Å². The molecule has 1 aromatic rings. The van der Waals surface area contributed by atoms with Crippen LogP contribution in [0.2, 0.25) is 0 Å². The maximum Gasteiger partial charge on any atom is 0.394 e. The minimum atomic E-state index is -1.45. The van der Waals surface area contributed by atoms with Gasteiger partial charge in [0, 0.05) is 25.9 Å². The minimum absolute atomic E-state index is 0.0369. The van der Waals surface area contributed by atoms with E-state index < -0.39 is 17.5 Å². The first-order chi connectivity index (χ1) is 10.0. The van der Waals surface area contributed by atoms with Gasteiger partial charge < -0.3 is 14.7 Å². The van der Waals surface area contributed by atoms with Crippen molar-refractivity contribution in [1.82, 2.24) is 4.90 Å². The molecule has 6 nitrogen and oxygen atoms in total. The molecule has 1 saturated heterocycles. The van der Waals surface area contributed by atoms with E-state index in [1.807, 2.05) is 6.07 Å². The Balaban J connectivity index is 1.76. The molecule has 0 saturated carbocycles. The van der Waals surface area contributed by atoms with Crippen molar-refractivity contribution in [3.8, 4) is 5.75 Å². The van der Waals surface area contributed by atoms with Crippen LogP contribution in [-0.4, -0.2) is 46.4 Å². The highest BCUT2D eigenvalue weighted by Gasteiger charge is 2.44. The van der Waals surface area contributed by atoms with Crippen molar-refractivity contribution in [2.24, 2.45) is 0 Å². The summed E-state index contributed by atoms with van der Waals surface area (Å²) in [6.45, 7) is 0.584. The zero-order chi connectivity index (χ0) is 15.0. The van der Waals surface area contributed by atoms with E-state index in [2.05, 4.69) is 0 Å². The number of para-hydroxylation sites is 1. The number of carbonyl (C=O) groups is 3. The number of fused-ring (bicyclic) bond motifs is 1. The lowest BCUT2D eigenvalue weighted by atomic mass is 9.82. The molecule has 1 spiro atoms. The molecule has 0 unspecified atom stereocenters. The van der Waals surface area contributed by atoms with Crippen molar-refractivity contribution < 1.29 is 24.2 Å². The summed E-state index contributed by atoms with van der Waals surface area (Å²) in [6.07, 6.45) is 1.21. The molecule has 21 heavy (non-hydrogen) atoms. The van der Waals surface area contributed by atoms with Crippen molar-refractivity contribution >= 4 is 17.7 Å². The Morgan fingerprint density at radius 3 is 2.52 bits per heavy atom. The van der Waals surface area contributed by atoms with Gasteiger partial charge in [0.05, 0.1) is 12.0 Å². The Labute approximate surface area is 121 Å². The quantitative estimate of drug-likeness (QED) is 0.723. The van der Waals surface area contributed by atoms with Crippen molar-refractivity contribution in [3.05, 3.63) is 29.8 Å². The second-order valence-corrected chi connectivity index (χ2v) is 5.48. The van der Waals surface area contributed by atoms with Crippen LogP contribution in [0.4, 0.5) is 0 Å². The molecule has 1 fully saturated rings. The van der Waals surface area contributed by atoms with Crippen LogP contribution >= 0.6 is 0 Å². The molecule has 1 N–H and O–H groups in total. The number of Topliss-reactive ketones (excluding diaryl/α,β-unsaturated/α-hetero) is 1. The smallest absolute Gasteiger partial charge is 0.394 e. The summed E-state index contributed by atoms with van der Waals surface area (Å²) in [5.41, 5.74) is -0.0204. The Morgan fingerprint density at radius 2 is 1.86 bits per heavy atom. The SMILES string of the molecule is O=C(O)C(=O)N1CCC2(CC1)CC(=O)c1ccccc1O2. The number of aliphatic carboxylic acids is 1. The molecule has 0 radical (unpaired) electrons. The second-order valence-electron chi connectivity index (χ2n) is 5.48. The van der Waals surface area contributed by atoms with Gasteiger partial charge in [0.15, 0.2) is 5.78 Å². The number of ketones is 1. The topological polar surface area (TPSA) is 83.9 Å². The number of hydrogen-bond donors (Lipinski definition) is 1. The van der Waals surface area contributed by atoms with Crippen LogP contribution in [0.1, 0.15) is 29.6 Å². The Morgan fingerprint density at radius 1 is 1.19 bits per heavy atom. The average molecular weight is 289 g/mol. The standard InChI is InChI=1S/C15H15NO5/c17-11-9-15(21-12-4-2-1-3-10(11)12)5-7-16(8-6-15)13(18)14(19)20/h1-4H,5-9H2,(H,19,20). The van der Waals surface area contributed by atoms with Gasteiger partial charge in [0.2, 0.25) is 0 Å². The molecule has 6 heteroatoms. The third-order valence-electron chi connectivity index (χ3n) is 4.14. The largest absolute Gasteiger partial charge is 0.486 e. The lowest BCUT2D eigenvalue weighted by molar-refractivity contribution is -0.157. The first kappa shape index (κ1) is 13.6. The summed E-state index contributed by atoms with van der Waals surface area (Å²) < 4.78 is 6.01. The second kappa shape index (κ2) is 4.87. The summed E-state index contributed by atoms with van der Waals surface area (Å²) in [7, 11) is 0. The van der Waals surface area contributed by atoms with Gasteiger partial charge in [-0.15, -0.1) is 0 Å². The van der Waals surface area contributed by atoms with Gasteiger partial charge >= 0.3 is 11.9 Å². The van der Waals surface area contributed by atoms with Crippen molar-refractivity contribution in [2.45, 2.75) is 24.9 Å². The number of carboxylic acid groups (broad SMARTS) is 1. The van der Waals surface area contributed by atoms with Crippen molar-refractivity contribution in [3.63, 3.8) is 0 Å². The number of hydrogen-bond acceptors (Lipinski definition) is 4. The van der Waals surface area contributed by atoms with E-state index in [-0.39, 0.29) is 12.2 Å². The number of carboxylic acids is 1. The van der Waals surface area contributed by atoms with E-state index >= 15 is 0 Å². The molecular formula is C15H15NO5. The molecule has 2 aliphatic heterocycles. The molecule has 2 heterocycles. The van der Waals surface area contributed by atoms with Gasteiger partial charge in [-0.3, -0.25) is 9.59 Å². The molecule has 0 atom stereocenters. The van der Waals surface area contributed by atoms with Gasteiger partial charge in [0.25, 0.3) is 0 Å². The van der Waals surface area contributed by atoms with Crippen LogP contribution in [0, 0.1) is 0 Å². The molecule has 3 rings (SSSR count). The highest BCUT2D eigenvalue weighted by atomic mass is 16.5. The van der Waals surface area contributed by atoms with E-state index in [9.17, 15) is 14.4 Å². The Hall–Kier alpha value is -2.37. The molecule has 1 amide bonds. The van der Waals surface area contributed by atoms with E-state index in [1.165, 1.54) is 4.90 Å². The number of nitrogens with zero attached hydrogens (tertiary/aromatic N) is 1. The number of benzene rings is 1. The number of piperidine rings is 1. The predicted octanol–water partition coefficient (Wildman–Crippen LogP) is 1.10. The molecule has 0 bridgehead atoms. The third-order valence-corrected chi connectivity index (χ3v) is 4.14. The van der Waals surface area contributed by atoms with Gasteiger partial charge in [-0.25, -0.2) is 4.79 Å². The predicted molar refractivity (Wildman–Crippen MR) is 72.2 cm³/mol. The fraction of sp³-hybridized carbons (Fsp3) is 0.400. The van der Waals surface area contributed by atoms with E-state index in [4.69, 9.17) is 9.84 Å². The molecular weight excluding hydrogens is 274 g/mol. The van der Waals surface area contributed by atoms with Crippen LogP contribution in [0.15, 0.2) is 24.3 Å². The fourth-order valence-corrected chi connectivity index (χ4v) is 2.97. The maximum absolute atomic E-state index is 12.2. The van der Waals surface area contributed by atoms with E-state index in [1.54, 1.807) is 18.2 Å². The highest BCUT2D eigenvalue weighted by Crippen LogP contribution is 2.39. The number of carbonyl (C=O) groups excluding carboxylic acids is 2. The van der Waals surface area contributed by atoms with Crippen LogP contribution in [0.5, 0.6) is 5.75 Å². The average Bonchev–Trinajstić information content (AvgIpc) is 2.47. The third kappa shape index (κ3) is 2.37. The number of amides is 1. The zero-order valence-corrected chi connectivity index (χ0v) is 11.4. The van der Waals surface area contributed by atoms with Gasteiger partial charge in [-0.05, 0) is 12.1 Å². The lowest BCUT2D eigenvalue weighted by Gasteiger charge is -2.43. The summed E-state index contributed by atoms with van der Waals surface area (Å²) >= 11 is 0. The van der Waals surface area contributed by atoms with Gasteiger partial charge in [0.1, 0.15) is 11.4 Å². The van der Waals surface area contributed by atoms with Crippen LogP contribution in [0.25, 0.3) is 0 Å². The normalized spacial score (nSPS) is 19.8. The van der Waals surface area contributed by atoms with Crippen molar-refractivity contribution in [1.29, 1.82) is 0 Å². The van der Waals surface area contributed by atoms with Gasteiger partial charge in [-0.2, -0.15) is 0 Å². The minimum Gasteiger partial charge on any atom is -0.486 e. The molecule has 2 aliphatic rings. The first-order valence-electron chi connectivity index (χ1n) is 6.84. The van der Waals surface area contributed by atoms with E-state index in [0.29, 0.717) is 37.2 Å². The van der Waals surface area contributed by atoms with Crippen molar-refractivity contribution in [2.75, 3.05) is 13.1 Å².